The molecule has 0 atom stereocenters. The zero-order valence-electron chi connectivity index (χ0n) is 11.0. The van der Waals surface area contributed by atoms with Gasteiger partial charge in [-0.25, -0.2) is 4.39 Å². The van der Waals surface area contributed by atoms with E-state index < -0.39 is 5.82 Å². The smallest absolute Gasteiger partial charge is 0.135 e. The Morgan fingerprint density at radius 3 is 2.48 bits per heavy atom. The average Bonchev–Trinajstić information content (AvgIpc) is 2.49. The Bertz CT molecular complexity index is 714. The van der Waals surface area contributed by atoms with Crippen molar-refractivity contribution in [2.75, 3.05) is 7.11 Å². The summed E-state index contributed by atoms with van der Waals surface area (Å²) < 4.78 is 25.9. The summed E-state index contributed by atoms with van der Waals surface area (Å²) in [6.45, 7) is 0.0265. The van der Waals surface area contributed by atoms with Gasteiger partial charge >= 0.3 is 0 Å². The Balaban J connectivity index is 2.21. The minimum absolute atomic E-state index is 0.0265. The number of methoxy groups -OCH3 is 1. The molecule has 0 aromatic heterocycles. The van der Waals surface area contributed by atoms with Crippen LogP contribution in [0.2, 0.25) is 0 Å². The third-order valence-corrected chi connectivity index (χ3v) is 4.00. The van der Waals surface area contributed by atoms with Crippen LogP contribution in [0.3, 0.4) is 0 Å². The Hall–Kier alpha value is -1.58. The second-order valence-electron chi connectivity index (χ2n) is 4.12. The number of benzene rings is 2. The largest absolute Gasteiger partial charge is 0.496 e. The molecule has 0 aliphatic rings. The highest BCUT2D eigenvalue weighted by Gasteiger charge is 2.10. The van der Waals surface area contributed by atoms with Gasteiger partial charge in [-0.15, -0.1) is 0 Å². The summed E-state index contributed by atoms with van der Waals surface area (Å²) >= 11 is 6.73. The number of rotatable bonds is 4. The van der Waals surface area contributed by atoms with Crippen LogP contribution < -0.4 is 9.47 Å². The first-order valence-corrected chi connectivity index (χ1v) is 7.48. The first-order valence-electron chi connectivity index (χ1n) is 5.89. The fourth-order valence-electron chi connectivity index (χ4n) is 1.69. The van der Waals surface area contributed by atoms with Gasteiger partial charge in [-0.3, -0.25) is 0 Å². The summed E-state index contributed by atoms with van der Waals surface area (Å²) in [7, 11) is 1.57. The summed E-state index contributed by atoms with van der Waals surface area (Å²) in [6.07, 6.45) is 0. The first-order chi connectivity index (χ1) is 10.0. The fourth-order valence-corrected chi connectivity index (χ4v) is 2.61. The lowest BCUT2D eigenvalue weighted by Crippen LogP contribution is -2.00. The molecule has 0 fully saturated rings. The predicted octanol–water partition coefficient (Wildman–Crippen LogP) is 4.81. The maximum atomic E-state index is 13.7. The van der Waals surface area contributed by atoms with Crippen LogP contribution in [0.1, 0.15) is 11.1 Å². The van der Waals surface area contributed by atoms with E-state index in [0.717, 1.165) is 4.47 Å². The number of hydrogen-bond acceptors (Lipinski definition) is 3. The quantitative estimate of drug-likeness (QED) is 0.720. The molecule has 0 aliphatic carbocycles. The molecule has 0 amide bonds. The number of nitrogens with zero attached hydrogens (tertiary/aromatic N) is 1. The van der Waals surface area contributed by atoms with Crippen LogP contribution in [0.5, 0.6) is 11.5 Å². The van der Waals surface area contributed by atoms with Gasteiger partial charge in [0.05, 0.1) is 27.7 Å². The molecule has 0 spiro atoms. The van der Waals surface area contributed by atoms with Crippen LogP contribution in [0.4, 0.5) is 4.39 Å². The van der Waals surface area contributed by atoms with E-state index in [-0.39, 0.29) is 6.61 Å². The Labute approximate surface area is 138 Å². The highest BCUT2D eigenvalue weighted by Crippen LogP contribution is 2.36. The molecule has 21 heavy (non-hydrogen) atoms. The van der Waals surface area contributed by atoms with Crippen LogP contribution in [-0.4, -0.2) is 7.11 Å². The van der Waals surface area contributed by atoms with Gasteiger partial charge < -0.3 is 9.47 Å². The van der Waals surface area contributed by atoms with E-state index in [2.05, 4.69) is 31.9 Å². The summed E-state index contributed by atoms with van der Waals surface area (Å²) in [5.41, 5.74) is 0.720. The molecule has 0 heterocycles. The minimum atomic E-state index is -0.405. The normalized spacial score (nSPS) is 10.0. The molecule has 2 aromatic rings. The Morgan fingerprint density at radius 2 is 1.81 bits per heavy atom. The van der Waals surface area contributed by atoms with Crippen LogP contribution in [-0.2, 0) is 6.61 Å². The summed E-state index contributed by atoms with van der Waals surface area (Å²) in [6, 6.07) is 9.62. The molecule has 108 valence electrons. The predicted molar refractivity (Wildman–Crippen MR) is 83.8 cm³/mol. The lowest BCUT2D eigenvalue weighted by Gasteiger charge is -2.12. The number of ether oxygens (including phenoxy) is 2. The van der Waals surface area contributed by atoms with Crippen molar-refractivity contribution in [3.63, 3.8) is 0 Å². The maximum absolute atomic E-state index is 13.7. The van der Waals surface area contributed by atoms with E-state index in [0.29, 0.717) is 27.1 Å². The molecule has 0 saturated heterocycles. The Morgan fingerprint density at radius 1 is 1.14 bits per heavy atom. The molecule has 0 radical (unpaired) electrons. The Kier molecular flexibility index (Phi) is 5.21. The molecule has 2 aromatic carbocycles. The lowest BCUT2D eigenvalue weighted by atomic mass is 10.1. The molecular formula is C15H10Br2FNO2. The highest BCUT2D eigenvalue weighted by atomic mass is 79.9. The van der Waals surface area contributed by atoms with Gasteiger partial charge in [-0.2, -0.15) is 5.26 Å². The van der Waals surface area contributed by atoms with Crippen molar-refractivity contribution >= 4 is 31.9 Å². The summed E-state index contributed by atoms with van der Waals surface area (Å²) in [4.78, 5) is 0. The van der Waals surface area contributed by atoms with Crippen LogP contribution in [0, 0.1) is 17.1 Å². The van der Waals surface area contributed by atoms with E-state index >= 15 is 0 Å². The van der Waals surface area contributed by atoms with E-state index in [4.69, 9.17) is 14.7 Å². The second kappa shape index (κ2) is 6.92. The van der Waals surface area contributed by atoms with E-state index in [1.54, 1.807) is 19.2 Å². The van der Waals surface area contributed by atoms with Crippen molar-refractivity contribution < 1.29 is 13.9 Å². The standard InChI is InChI=1S/C15H10Br2FNO2/c1-20-14-5-12(17)15(6-11(14)16)21-8-10-4-9(7-19)2-3-13(10)18/h2-6H,8H2,1H3. The molecule has 0 saturated carbocycles. The van der Waals surface area contributed by atoms with E-state index in [9.17, 15) is 4.39 Å². The van der Waals surface area contributed by atoms with Gasteiger partial charge in [-0.1, -0.05) is 0 Å². The fraction of sp³-hybridized carbons (Fsp3) is 0.133. The van der Waals surface area contributed by atoms with Crippen molar-refractivity contribution in [2.45, 2.75) is 6.61 Å². The van der Waals surface area contributed by atoms with Crippen LogP contribution >= 0.6 is 31.9 Å². The van der Waals surface area contributed by atoms with Crippen molar-refractivity contribution in [3.8, 4) is 17.6 Å². The van der Waals surface area contributed by atoms with Crippen LogP contribution in [0.25, 0.3) is 0 Å². The van der Waals surface area contributed by atoms with E-state index in [1.807, 2.05) is 6.07 Å². The molecule has 6 heteroatoms. The van der Waals surface area contributed by atoms with Gasteiger partial charge in [0.15, 0.2) is 0 Å². The number of nitriles is 1. The van der Waals surface area contributed by atoms with Crippen molar-refractivity contribution in [1.29, 1.82) is 5.26 Å². The summed E-state index contributed by atoms with van der Waals surface area (Å²) in [5.74, 6) is 0.800. The third-order valence-electron chi connectivity index (χ3n) is 2.76. The molecular weight excluding hydrogens is 405 g/mol. The number of halogens is 3. The van der Waals surface area contributed by atoms with Crippen molar-refractivity contribution in [2.24, 2.45) is 0 Å². The second-order valence-corrected chi connectivity index (χ2v) is 5.83. The highest BCUT2D eigenvalue weighted by molar-refractivity contribution is 9.11. The molecule has 0 bridgehead atoms. The third kappa shape index (κ3) is 3.74. The monoisotopic (exact) mass is 413 g/mol. The average molecular weight is 415 g/mol. The molecule has 2 rings (SSSR count). The van der Waals surface area contributed by atoms with Gasteiger partial charge in [0, 0.05) is 5.56 Å². The van der Waals surface area contributed by atoms with E-state index in [1.165, 1.54) is 18.2 Å². The van der Waals surface area contributed by atoms with Crippen molar-refractivity contribution in [1.82, 2.24) is 0 Å². The molecule has 3 nitrogen and oxygen atoms in total. The zero-order valence-corrected chi connectivity index (χ0v) is 14.2. The van der Waals surface area contributed by atoms with Gasteiger partial charge in [0.25, 0.3) is 0 Å². The molecule has 0 aliphatic heterocycles. The maximum Gasteiger partial charge on any atom is 0.135 e. The first kappa shape index (κ1) is 15.8. The minimum Gasteiger partial charge on any atom is -0.496 e. The topological polar surface area (TPSA) is 42.2 Å². The molecule has 0 N–H and O–H groups in total. The zero-order chi connectivity index (χ0) is 15.4. The lowest BCUT2D eigenvalue weighted by molar-refractivity contribution is 0.297. The molecule has 0 unspecified atom stereocenters. The SMILES string of the molecule is COc1cc(Br)c(OCc2cc(C#N)ccc2F)cc1Br. The van der Waals surface area contributed by atoms with Gasteiger partial charge in [-0.05, 0) is 62.2 Å². The number of hydrogen-bond donors (Lipinski definition) is 0. The van der Waals surface area contributed by atoms with Gasteiger partial charge in [0.1, 0.15) is 23.9 Å². The van der Waals surface area contributed by atoms with Gasteiger partial charge in [0.2, 0.25) is 0 Å². The summed E-state index contributed by atoms with van der Waals surface area (Å²) in [5, 5.41) is 8.84. The van der Waals surface area contributed by atoms with Crippen molar-refractivity contribution in [3.05, 3.63) is 56.2 Å². The van der Waals surface area contributed by atoms with Crippen LogP contribution in [0.15, 0.2) is 39.3 Å².